The van der Waals surface area contributed by atoms with Crippen LogP contribution in [-0.4, -0.2) is 46.1 Å². The molecule has 0 radical (unpaired) electrons. The normalized spacial score (nSPS) is 14.2. The van der Waals surface area contributed by atoms with Crippen molar-refractivity contribution in [2.24, 2.45) is 0 Å². The minimum atomic E-state index is -1.11. The Hall–Kier alpha value is -1.43. The van der Waals surface area contributed by atoms with Gasteiger partial charge in [0.2, 0.25) is 5.91 Å². The van der Waals surface area contributed by atoms with Gasteiger partial charge in [-0.05, 0) is 57.8 Å². The molecule has 0 aromatic carbocycles. The highest BCUT2D eigenvalue weighted by molar-refractivity contribution is 5.80. The van der Waals surface area contributed by atoms with Crippen LogP contribution < -0.4 is 5.32 Å². The first-order valence-corrected chi connectivity index (χ1v) is 19.3. The predicted octanol–water partition coefficient (Wildman–Crippen LogP) is 10.4. The van der Waals surface area contributed by atoms with E-state index >= 15 is 0 Å². The SMILES string of the molecule is CCCCCCC/C=C/CC/C=C/C(O)C(CO)NC(=O)C(O)CCCCCCCC/C=C\CCCCCCCCCCCC. The average Bonchev–Trinajstić information content (AvgIpc) is 3.04. The Bertz CT molecular complexity index is 704. The molecule has 0 aliphatic heterocycles. The number of nitrogens with one attached hydrogen (secondary N) is 1. The van der Waals surface area contributed by atoms with Crippen molar-refractivity contribution in [3.63, 3.8) is 0 Å². The number of aliphatic hydroxyl groups excluding tert-OH is 3. The lowest BCUT2D eigenvalue weighted by atomic mass is 10.0. The van der Waals surface area contributed by atoms with Crippen LogP contribution >= 0.6 is 0 Å². The van der Waals surface area contributed by atoms with Crippen molar-refractivity contribution in [2.75, 3.05) is 6.61 Å². The molecule has 0 aliphatic rings. The molecule has 3 unspecified atom stereocenters. The molecule has 0 saturated heterocycles. The lowest BCUT2D eigenvalue weighted by molar-refractivity contribution is -0.131. The first-order chi connectivity index (χ1) is 22.1. The number of carbonyl (C=O) groups excluding carboxylic acids is 1. The summed E-state index contributed by atoms with van der Waals surface area (Å²) in [6.45, 7) is 4.13. The lowest BCUT2D eigenvalue weighted by Crippen LogP contribution is -2.48. The first-order valence-electron chi connectivity index (χ1n) is 19.3. The van der Waals surface area contributed by atoms with Gasteiger partial charge in [0.15, 0.2) is 0 Å². The van der Waals surface area contributed by atoms with Crippen LogP contribution in [0.2, 0.25) is 0 Å². The molecule has 0 fully saturated rings. The first kappa shape index (κ1) is 43.6. The second kappa shape index (κ2) is 35.4. The van der Waals surface area contributed by atoms with Gasteiger partial charge in [-0.1, -0.05) is 166 Å². The third-order valence-corrected chi connectivity index (χ3v) is 8.70. The molecule has 5 nitrogen and oxygen atoms in total. The molecule has 264 valence electrons. The Balaban J connectivity index is 3.73. The maximum Gasteiger partial charge on any atom is 0.249 e. The Morgan fingerprint density at radius 3 is 1.36 bits per heavy atom. The van der Waals surface area contributed by atoms with E-state index in [0.29, 0.717) is 6.42 Å². The van der Waals surface area contributed by atoms with Crippen molar-refractivity contribution in [3.05, 3.63) is 36.5 Å². The number of hydrogen-bond acceptors (Lipinski definition) is 4. The number of hydrogen-bond donors (Lipinski definition) is 4. The summed E-state index contributed by atoms with van der Waals surface area (Å²) >= 11 is 0. The van der Waals surface area contributed by atoms with Gasteiger partial charge >= 0.3 is 0 Å². The largest absolute Gasteiger partial charge is 0.394 e. The van der Waals surface area contributed by atoms with E-state index in [1.165, 1.54) is 128 Å². The quantitative estimate of drug-likeness (QED) is 0.0419. The smallest absolute Gasteiger partial charge is 0.249 e. The maximum atomic E-state index is 12.4. The fraction of sp³-hybridized carbons (Fsp3) is 0.825. The van der Waals surface area contributed by atoms with Gasteiger partial charge in [-0.15, -0.1) is 0 Å². The molecule has 1 amide bonds. The highest BCUT2D eigenvalue weighted by atomic mass is 16.3. The second-order valence-corrected chi connectivity index (χ2v) is 13.1. The number of aliphatic hydroxyl groups is 3. The zero-order valence-corrected chi connectivity index (χ0v) is 29.7. The van der Waals surface area contributed by atoms with Gasteiger partial charge in [0.05, 0.1) is 18.8 Å². The molecule has 0 saturated carbocycles. The van der Waals surface area contributed by atoms with Crippen molar-refractivity contribution in [1.82, 2.24) is 5.32 Å². The topological polar surface area (TPSA) is 89.8 Å². The zero-order valence-electron chi connectivity index (χ0n) is 29.7. The number of rotatable bonds is 34. The third kappa shape index (κ3) is 31.0. The molecule has 0 aromatic rings. The van der Waals surface area contributed by atoms with Crippen molar-refractivity contribution >= 4 is 5.91 Å². The molecule has 0 bridgehead atoms. The van der Waals surface area contributed by atoms with Gasteiger partial charge < -0.3 is 20.6 Å². The van der Waals surface area contributed by atoms with E-state index in [1.54, 1.807) is 6.08 Å². The molecule has 0 spiro atoms. The van der Waals surface area contributed by atoms with Gasteiger partial charge in [0.25, 0.3) is 0 Å². The summed E-state index contributed by atoms with van der Waals surface area (Å²) in [5.41, 5.74) is 0. The van der Waals surface area contributed by atoms with Crippen LogP contribution in [-0.2, 0) is 4.79 Å². The van der Waals surface area contributed by atoms with Crippen LogP contribution in [0.3, 0.4) is 0 Å². The summed E-state index contributed by atoms with van der Waals surface area (Å²) in [4.78, 5) is 12.4. The molecule has 3 atom stereocenters. The molecule has 0 heterocycles. The monoisotopic (exact) mass is 634 g/mol. The molecule has 0 aromatic heterocycles. The van der Waals surface area contributed by atoms with Crippen LogP contribution in [0, 0.1) is 0 Å². The van der Waals surface area contributed by atoms with E-state index in [4.69, 9.17) is 0 Å². The van der Waals surface area contributed by atoms with E-state index in [-0.39, 0.29) is 6.61 Å². The summed E-state index contributed by atoms with van der Waals surface area (Å²) < 4.78 is 0. The average molecular weight is 634 g/mol. The number of allylic oxidation sites excluding steroid dienone is 5. The third-order valence-electron chi connectivity index (χ3n) is 8.70. The van der Waals surface area contributed by atoms with Crippen molar-refractivity contribution in [3.8, 4) is 0 Å². The minimum absolute atomic E-state index is 0.379. The summed E-state index contributed by atoms with van der Waals surface area (Å²) in [6, 6.07) is -0.814. The number of carbonyl (C=O) groups is 1. The second-order valence-electron chi connectivity index (χ2n) is 13.1. The zero-order chi connectivity index (χ0) is 33.1. The van der Waals surface area contributed by atoms with Gasteiger partial charge in [-0.25, -0.2) is 0 Å². The molecule has 45 heavy (non-hydrogen) atoms. The number of amides is 1. The molecule has 4 N–H and O–H groups in total. The predicted molar refractivity (Wildman–Crippen MR) is 194 cm³/mol. The summed E-state index contributed by atoms with van der Waals surface area (Å²) in [6.07, 6.45) is 43.1. The summed E-state index contributed by atoms with van der Waals surface area (Å²) in [5.74, 6) is -0.520. The van der Waals surface area contributed by atoms with E-state index in [1.807, 2.05) is 6.08 Å². The van der Waals surface area contributed by atoms with Gasteiger partial charge in [0.1, 0.15) is 6.10 Å². The Kier molecular flexibility index (Phi) is 34.3. The summed E-state index contributed by atoms with van der Waals surface area (Å²) in [5, 5.41) is 32.9. The van der Waals surface area contributed by atoms with E-state index in [0.717, 1.165) is 38.5 Å². The van der Waals surface area contributed by atoms with Crippen molar-refractivity contribution in [2.45, 2.75) is 205 Å². The number of unbranched alkanes of at least 4 members (excludes halogenated alkanes) is 22. The lowest BCUT2D eigenvalue weighted by Gasteiger charge is -2.21. The molecular weight excluding hydrogens is 558 g/mol. The van der Waals surface area contributed by atoms with Crippen LogP contribution in [0.15, 0.2) is 36.5 Å². The van der Waals surface area contributed by atoms with Crippen molar-refractivity contribution < 1.29 is 20.1 Å². The van der Waals surface area contributed by atoms with Crippen LogP contribution in [0.1, 0.15) is 187 Å². The van der Waals surface area contributed by atoms with Crippen LogP contribution in [0.25, 0.3) is 0 Å². The van der Waals surface area contributed by atoms with E-state index in [9.17, 15) is 20.1 Å². The molecule has 0 aliphatic carbocycles. The minimum Gasteiger partial charge on any atom is -0.394 e. The highest BCUT2D eigenvalue weighted by Crippen LogP contribution is 2.13. The van der Waals surface area contributed by atoms with Crippen molar-refractivity contribution in [1.29, 1.82) is 0 Å². The van der Waals surface area contributed by atoms with Gasteiger partial charge in [-0.2, -0.15) is 0 Å². The summed E-state index contributed by atoms with van der Waals surface area (Å²) in [7, 11) is 0. The van der Waals surface area contributed by atoms with E-state index < -0.39 is 24.2 Å². The van der Waals surface area contributed by atoms with Gasteiger partial charge in [0, 0.05) is 0 Å². The Labute approximate surface area is 279 Å². The standard InChI is InChI=1S/C40H75NO4/c1-3-5-7-9-11-13-15-16-17-18-19-20-21-22-23-25-27-29-31-33-35-39(44)40(45)41-37(36-42)38(43)34-32-30-28-26-24-14-12-10-8-6-4-2/h20-21,24,26,32,34,37-39,42-44H,3-19,22-23,25,27-31,33,35-36H2,1-2H3,(H,41,45)/b21-20-,26-24+,34-32+. The Morgan fingerprint density at radius 2 is 0.911 bits per heavy atom. The molecule has 0 rings (SSSR count). The highest BCUT2D eigenvalue weighted by Gasteiger charge is 2.22. The van der Waals surface area contributed by atoms with E-state index in [2.05, 4.69) is 43.5 Å². The molecular formula is C40H75NO4. The van der Waals surface area contributed by atoms with Crippen LogP contribution in [0.4, 0.5) is 0 Å². The maximum absolute atomic E-state index is 12.4. The Morgan fingerprint density at radius 1 is 0.533 bits per heavy atom. The molecule has 5 heteroatoms. The fourth-order valence-electron chi connectivity index (χ4n) is 5.61. The van der Waals surface area contributed by atoms with Crippen LogP contribution in [0.5, 0.6) is 0 Å². The fourth-order valence-corrected chi connectivity index (χ4v) is 5.61. The van der Waals surface area contributed by atoms with Gasteiger partial charge in [-0.3, -0.25) is 4.79 Å².